The van der Waals surface area contributed by atoms with Crippen molar-refractivity contribution in [1.29, 1.82) is 0 Å². The van der Waals surface area contributed by atoms with Gasteiger partial charge in [0.25, 0.3) is 0 Å². The van der Waals surface area contributed by atoms with Gasteiger partial charge in [0.2, 0.25) is 0 Å². The Bertz CT molecular complexity index is 460. The van der Waals surface area contributed by atoms with E-state index in [1.165, 1.54) is 250 Å². The topological polar surface area (TPSA) is 26.0 Å². The van der Waals surface area contributed by atoms with Crippen molar-refractivity contribution < 1.29 is 0 Å². The lowest BCUT2D eigenvalue weighted by molar-refractivity contribution is 0.477. The molecule has 2 N–H and O–H groups in total. The maximum absolute atomic E-state index is 6.42. The molecule has 0 spiro atoms. The van der Waals surface area contributed by atoms with Crippen LogP contribution in [0.2, 0.25) is 0 Å². The standard InChI is InChI=1S/C42H87N/c1-3-5-7-9-11-13-15-17-19-21-23-25-27-29-31-33-35-37-39-41-42(43)40-38-36-34-32-30-28-26-24-22-20-18-16-14-12-10-8-6-4-2/h42H,3-41,43H2,1-2H3. The molecule has 0 heterocycles. The van der Waals surface area contributed by atoms with Gasteiger partial charge in [0.15, 0.2) is 0 Å². The van der Waals surface area contributed by atoms with Crippen molar-refractivity contribution in [2.45, 2.75) is 270 Å². The lowest BCUT2D eigenvalue weighted by Gasteiger charge is -2.11. The van der Waals surface area contributed by atoms with Crippen LogP contribution in [0, 0.1) is 0 Å². The van der Waals surface area contributed by atoms with Crippen LogP contribution in [0.5, 0.6) is 0 Å². The van der Waals surface area contributed by atoms with E-state index in [9.17, 15) is 0 Å². The summed E-state index contributed by atoms with van der Waals surface area (Å²) < 4.78 is 0. The molecule has 0 radical (unpaired) electrons. The van der Waals surface area contributed by atoms with Gasteiger partial charge in [-0.25, -0.2) is 0 Å². The Labute approximate surface area is 275 Å². The van der Waals surface area contributed by atoms with Gasteiger partial charge in [-0.1, -0.05) is 251 Å². The molecule has 0 aromatic carbocycles. The number of rotatable bonds is 39. The van der Waals surface area contributed by atoms with E-state index in [4.69, 9.17) is 5.73 Å². The first-order chi connectivity index (χ1) is 21.3. The number of hydrogen-bond donors (Lipinski definition) is 1. The van der Waals surface area contributed by atoms with Crippen LogP contribution in [0.4, 0.5) is 0 Å². The van der Waals surface area contributed by atoms with Crippen LogP contribution in [0.3, 0.4) is 0 Å². The van der Waals surface area contributed by atoms with Crippen LogP contribution in [-0.2, 0) is 0 Å². The maximum atomic E-state index is 6.42. The highest BCUT2D eigenvalue weighted by Crippen LogP contribution is 2.17. The Morgan fingerprint density at radius 2 is 0.372 bits per heavy atom. The summed E-state index contributed by atoms with van der Waals surface area (Å²) in [5.41, 5.74) is 6.42. The van der Waals surface area contributed by atoms with Gasteiger partial charge in [0.05, 0.1) is 0 Å². The lowest BCUT2D eigenvalue weighted by atomic mass is 10.00. The highest BCUT2D eigenvalue weighted by atomic mass is 14.6. The van der Waals surface area contributed by atoms with E-state index in [0.717, 1.165) is 0 Å². The summed E-state index contributed by atoms with van der Waals surface area (Å²) in [6, 6.07) is 0.465. The zero-order valence-electron chi connectivity index (χ0n) is 30.7. The Balaban J connectivity index is 3.13. The maximum Gasteiger partial charge on any atom is 0.00388 e. The molecule has 1 atom stereocenters. The molecule has 1 nitrogen and oxygen atoms in total. The second-order valence-corrected chi connectivity index (χ2v) is 14.7. The number of hydrogen-bond acceptors (Lipinski definition) is 1. The molecule has 1 heteroatoms. The second kappa shape index (κ2) is 40.0. The zero-order chi connectivity index (χ0) is 31.2. The molecule has 0 aliphatic carbocycles. The summed E-state index contributed by atoms with van der Waals surface area (Å²) in [5, 5.41) is 0. The van der Waals surface area contributed by atoms with E-state index in [2.05, 4.69) is 13.8 Å². The summed E-state index contributed by atoms with van der Waals surface area (Å²) in [7, 11) is 0. The first kappa shape index (κ1) is 43.0. The van der Waals surface area contributed by atoms with E-state index >= 15 is 0 Å². The Morgan fingerprint density at radius 1 is 0.233 bits per heavy atom. The third-order valence-corrected chi connectivity index (χ3v) is 10.1. The fourth-order valence-corrected chi connectivity index (χ4v) is 6.94. The Kier molecular flexibility index (Phi) is 39.9. The van der Waals surface area contributed by atoms with Crippen LogP contribution in [0.15, 0.2) is 0 Å². The molecule has 43 heavy (non-hydrogen) atoms. The minimum Gasteiger partial charge on any atom is -0.328 e. The van der Waals surface area contributed by atoms with Gasteiger partial charge in [-0.3, -0.25) is 0 Å². The fourth-order valence-electron chi connectivity index (χ4n) is 6.94. The van der Waals surface area contributed by atoms with Gasteiger partial charge in [0, 0.05) is 6.04 Å². The molecule has 260 valence electrons. The second-order valence-electron chi connectivity index (χ2n) is 14.7. The summed E-state index contributed by atoms with van der Waals surface area (Å²) in [5.74, 6) is 0. The van der Waals surface area contributed by atoms with E-state index in [-0.39, 0.29) is 0 Å². The molecule has 0 aliphatic rings. The minimum atomic E-state index is 0.465. The first-order valence-electron chi connectivity index (χ1n) is 21.1. The number of unbranched alkanes of at least 4 members (excludes halogenated alkanes) is 35. The molecule has 0 aromatic rings. The van der Waals surface area contributed by atoms with Crippen LogP contribution in [0.1, 0.15) is 264 Å². The van der Waals surface area contributed by atoms with E-state index < -0.39 is 0 Å². The van der Waals surface area contributed by atoms with E-state index in [1.807, 2.05) is 0 Å². The van der Waals surface area contributed by atoms with Crippen molar-refractivity contribution >= 4 is 0 Å². The van der Waals surface area contributed by atoms with Crippen molar-refractivity contribution in [2.75, 3.05) is 0 Å². The molecule has 0 aromatic heterocycles. The molecule has 0 amide bonds. The zero-order valence-corrected chi connectivity index (χ0v) is 30.7. The molecule has 0 aliphatic heterocycles. The largest absolute Gasteiger partial charge is 0.328 e. The van der Waals surface area contributed by atoms with Crippen LogP contribution < -0.4 is 5.73 Å². The quantitative estimate of drug-likeness (QED) is 0.0693. The molecule has 1 unspecified atom stereocenters. The molecular formula is C42H87N. The van der Waals surface area contributed by atoms with Gasteiger partial charge in [0.1, 0.15) is 0 Å². The van der Waals surface area contributed by atoms with Gasteiger partial charge >= 0.3 is 0 Å². The predicted octanol–water partition coefficient (Wildman–Crippen LogP) is 15.6. The molecule has 0 saturated carbocycles. The summed E-state index contributed by atoms with van der Waals surface area (Å²) in [6.45, 7) is 4.61. The average Bonchev–Trinajstić information content (AvgIpc) is 3.01. The molecule has 0 bridgehead atoms. The Hall–Kier alpha value is -0.0400. The van der Waals surface area contributed by atoms with Crippen LogP contribution in [0.25, 0.3) is 0 Å². The molecule has 0 fully saturated rings. The van der Waals surface area contributed by atoms with Gasteiger partial charge < -0.3 is 5.73 Å². The summed E-state index contributed by atoms with van der Waals surface area (Å²) in [4.78, 5) is 0. The number of nitrogens with two attached hydrogens (primary N) is 1. The fraction of sp³-hybridized carbons (Fsp3) is 1.00. The van der Waals surface area contributed by atoms with Gasteiger partial charge in [-0.15, -0.1) is 0 Å². The molecule has 0 saturated heterocycles. The first-order valence-corrected chi connectivity index (χ1v) is 21.1. The van der Waals surface area contributed by atoms with Crippen LogP contribution >= 0.6 is 0 Å². The van der Waals surface area contributed by atoms with Crippen molar-refractivity contribution in [3.63, 3.8) is 0 Å². The third-order valence-electron chi connectivity index (χ3n) is 10.1. The highest BCUT2D eigenvalue weighted by molar-refractivity contribution is 4.62. The van der Waals surface area contributed by atoms with Crippen molar-refractivity contribution in [1.82, 2.24) is 0 Å². The summed E-state index contributed by atoms with van der Waals surface area (Å²) >= 11 is 0. The van der Waals surface area contributed by atoms with Gasteiger partial charge in [-0.05, 0) is 12.8 Å². The lowest BCUT2D eigenvalue weighted by Crippen LogP contribution is -2.19. The van der Waals surface area contributed by atoms with Crippen molar-refractivity contribution in [3.8, 4) is 0 Å². The van der Waals surface area contributed by atoms with E-state index in [0.29, 0.717) is 6.04 Å². The minimum absolute atomic E-state index is 0.465. The molecular weight excluding hydrogens is 518 g/mol. The van der Waals surface area contributed by atoms with Crippen molar-refractivity contribution in [3.05, 3.63) is 0 Å². The summed E-state index contributed by atoms with van der Waals surface area (Å²) in [6.07, 6.45) is 56.3. The SMILES string of the molecule is CCCCCCCCCCCCCCCCCCCCCC(N)CCCCCCCCCCCCCCCCCCCC. The smallest absolute Gasteiger partial charge is 0.00388 e. The Morgan fingerprint density at radius 3 is 0.535 bits per heavy atom. The third kappa shape index (κ3) is 39.9. The predicted molar refractivity (Wildman–Crippen MR) is 199 cm³/mol. The van der Waals surface area contributed by atoms with Gasteiger partial charge in [-0.2, -0.15) is 0 Å². The average molecular weight is 606 g/mol. The van der Waals surface area contributed by atoms with E-state index in [1.54, 1.807) is 0 Å². The highest BCUT2D eigenvalue weighted by Gasteiger charge is 2.03. The normalized spacial score (nSPS) is 12.3. The van der Waals surface area contributed by atoms with Crippen LogP contribution in [-0.4, -0.2) is 6.04 Å². The molecule has 0 rings (SSSR count). The monoisotopic (exact) mass is 606 g/mol. The van der Waals surface area contributed by atoms with Crippen molar-refractivity contribution in [2.24, 2.45) is 5.73 Å².